The van der Waals surface area contributed by atoms with Gasteiger partial charge in [0.1, 0.15) is 0 Å². The largest absolute Gasteiger partial charge is 0.466 e. The molecule has 4 rings (SSSR count). The maximum atomic E-state index is 13.3. The summed E-state index contributed by atoms with van der Waals surface area (Å²) >= 11 is 1.34. The number of anilines is 1. The summed E-state index contributed by atoms with van der Waals surface area (Å²) in [5, 5.41) is 6.41. The lowest BCUT2D eigenvalue weighted by atomic mass is 9.87. The van der Waals surface area contributed by atoms with Gasteiger partial charge in [-0.2, -0.15) is 0 Å². The zero-order valence-corrected chi connectivity index (χ0v) is 18.0. The van der Waals surface area contributed by atoms with E-state index in [9.17, 15) is 9.59 Å². The number of fused-ring (bicyclic) bond motifs is 1. The highest BCUT2D eigenvalue weighted by Gasteiger charge is 2.29. The normalized spacial score (nSPS) is 15.4. The fourth-order valence-corrected chi connectivity index (χ4v) is 5.05. The lowest BCUT2D eigenvalue weighted by Crippen LogP contribution is -2.23. The molecular formula is C23H27N3O3S. The number of aromatic nitrogens is 2. The van der Waals surface area contributed by atoms with Gasteiger partial charge in [-0.25, -0.2) is 4.98 Å². The number of aromatic amines is 1. The molecule has 1 aromatic carbocycles. The van der Waals surface area contributed by atoms with Crippen LogP contribution in [-0.4, -0.2) is 28.5 Å². The van der Waals surface area contributed by atoms with Gasteiger partial charge in [-0.15, -0.1) is 11.3 Å². The average molecular weight is 426 g/mol. The Morgan fingerprint density at radius 3 is 2.90 bits per heavy atom. The van der Waals surface area contributed by atoms with Crippen molar-refractivity contribution < 1.29 is 14.3 Å². The highest BCUT2D eigenvalue weighted by atomic mass is 32.1. The van der Waals surface area contributed by atoms with Gasteiger partial charge in [0.15, 0.2) is 5.13 Å². The van der Waals surface area contributed by atoms with Crippen LogP contribution in [0.4, 0.5) is 5.13 Å². The quantitative estimate of drug-likeness (QED) is 0.496. The number of amides is 1. The molecule has 1 aliphatic rings. The van der Waals surface area contributed by atoms with Gasteiger partial charge < -0.3 is 15.0 Å². The van der Waals surface area contributed by atoms with Gasteiger partial charge in [-0.3, -0.25) is 9.59 Å². The number of benzene rings is 1. The van der Waals surface area contributed by atoms with Crippen LogP contribution in [0.5, 0.6) is 0 Å². The van der Waals surface area contributed by atoms with E-state index in [2.05, 4.69) is 21.4 Å². The van der Waals surface area contributed by atoms with Gasteiger partial charge in [-0.05, 0) is 30.9 Å². The Hall–Kier alpha value is -2.67. The minimum atomic E-state index is -0.307. The summed E-state index contributed by atoms with van der Waals surface area (Å²) in [4.78, 5) is 32.7. The SMILES string of the molecule is CCOC(=O)Cc1csc(NC(=O)C(CC2CCCC2)c2c[nH]c3ccccc23)n1. The van der Waals surface area contributed by atoms with Crippen molar-refractivity contribution in [2.75, 3.05) is 11.9 Å². The second-order valence-corrected chi connectivity index (χ2v) is 8.70. The van der Waals surface area contributed by atoms with Crippen molar-refractivity contribution in [2.45, 2.75) is 51.4 Å². The zero-order chi connectivity index (χ0) is 20.9. The summed E-state index contributed by atoms with van der Waals surface area (Å²) in [6.45, 7) is 2.12. The summed E-state index contributed by atoms with van der Waals surface area (Å²) < 4.78 is 4.97. The first kappa shape index (κ1) is 20.6. The van der Waals surface area contributed by atoms with Gasteiger partial charge in [0, 0.05) is 22.5 Å². The van der Waals surface area contributed by atoms with Crippen LogP contribution in [0.1, 0.15) is 56.2 Å². The number of H-pyrrole nitrogens is 1. The van der Waals surface area contributed by atoms with Crippen molar-refractivity contribution >= 4 is 39.2 Å². The molecule has 1 unspecified atom stereocenters. The second kappa shape index (κ2) is 9.43. The molecule has 30 heavy (non-hydrogen) atoms. The van der Waals surface area contributed by atoms with E-state index in [4.69, 9.17) is 4.74 Å². The van der Waals surface area contributed by atoms with Gasteiger partial charge in [0.25, 0.3) is 0 Å². The smallest absolute Gasteiger partial charge is 0.311 e. The van der Waals surface area contributed by atoms with Crippen LogP contribution < -0.4 is 5.32 Å². The molecule has 0 saturated heterocycles. The first-order valence-electron chi connectivity index (χ1n) is 10.6. The number of para-hydroxylation sites is 1. The Labute approximate surface area is 180 Å². The first-order chi connectivity index (χ1) is 14.6. The van der Waals surface area contributed by atoms with Gasteiger partial charge >= 0.3 is 5.97 Å². The fourth-order valence-electron chi connectivity index (χ4n) is 4.33. The molecule has 0 aliphatic heterocycles. The number of esters is 1. The predicted octanol–water partition coefficient (Wildman–Crippen LogP) is 5.03. The zero-order valence-electron chi connectivity index (χ0n) is 17.1. The molecule has 0 radical (unpaired) electrons. The van der Waals surface area contributed by atoms with Crippen molar-refractivity contribution in [2.24, 2.45) is 5.92 Å². The van der Waals surface area contributed by atoms with Crippen molar-refractivity contribution in [3.8, 4) is 0 Å². The Morgan fingerprint density at radius 2 is 2.10 bits per heavy atom. The van der Waals surface area contributed by atoms with Crippen LogP contribution in [0.15, 0.2) is 35.8 Å². The minimum Gasteiger partial charge on any atom is -0.466 e. The van der Waals surface area contributed by atoms with Gasteiger partial charge in [-0.1, -0.05) is 43.9 Å². The molecule has 1 amide bonds. The Balaban J connectivity index is 1.52. The van der Waals surface area contributed by atoms with E-state index < -0.39 is 0 Å². The van der Waals surface area contributed by atoms with Crippen LogP contribution in [0.2, 0.25) is 0 Å². The molecule has 3 aromatic rings. The van der Waals surface area contributed by atoms with Crippen molar-refractivity contribution in [3.63, 3.8) is 0 Å². The van der Waals surface area contributed by atoms with E-state index in [1.807, 2.05) is 24.4 Å². The number of nitrogens with zero attached hydrogens (tertiary/aromatic N) is 1. The third-order valence-corrected chi connectivity index (χ3v) is 6.58. The molecule has 1 atom stereocenters. The van der Waals surface area contributed by atoms with Gasteiger partial charge in [0.2, 0.25) is 5.91 Å². The number of carbonyl (C=O) groups excluding carboxylic acids is 2. The highest BCUT2D eigenvalue weighted by molar-refractivity contribution is 7.13. The lowest BCUT2D eigenvalue weighted by molar-refractivity contribution is -0.142. The number of thiazole rings is 1. The highest BCUT2D eigenvalue weighted by Crippen LogP contribution is 2.37. The molecule has 7 heteroatoms. The van der Waals surface area contributed by atoms with Crippen LogP contribution >= 0.6 is 11.3 Å². The van der Waals surface area contributed by atoms with Crippen molar-refractivity contribution in [1.82, 2.24) is 9.97 Å². The van der Waals surface area contributed by atoms with E-state index in [1.54, 1.807) is 12.3 Å². The molecular weight excluding hydrogens is 398 g/mol. The standard InChI is InChI=1S/C23H27N3O3S/c1-2-29-21(27)12-16-14-30-23(25-16)26-22(28)18(11-15-7-3-4-8-15)19-13-24-20-10-6-5-9-17(19)20/h5-6,9-10,13-15,18,24H,2-4,7-8,11-12H2,1H3,(H,25,26,28). The first-order valence-corrected chi connectivity index (χ1v) is 11.5. The third-order valence-electron chi connectivity index (χ3n) is 5.77. The van der Waals surface area contributed by atoms with Crippen molar-refractivity contribution in [3.05, 3.63) is 47.1 Å². The molecule has 1 aliphatic carbocycles. The Kier molecular flexibility index (Phi) is 6.47. The molecule has 2 N–H and O–H groups in total. The molecule has 1 fully saturated rings. The molecule has 0 spiro atoms. The number of carbonyl (C=O) groups is 2. The maximum Gasteiger partial charge on any atom is 0.311 e. The molecule has 0 bridgehead atoms. The molecule has 6 nitrogen and oxygen atoms in total. The van der Waals surface area contributed by atoms with Gasteiger partial charge in [0.05, 0.1) is 24.6 Å². The second-order valence-electron chi connectivity index (χ2n) is 7.84. The Morgan fingerprint density at radius 1 is 1.30 bits per heavy atom. The number of ether oxygens (including phenoxy) is 1. The number of rotatable bonds is 8. The Bertz CT molecular complexity index is 1020. The predicted molar refractivity (Wildman–Crippen MR) is 119 cm³/mol. The van der Waals surface area contributed by atoms with E-state index in [1.165, 1.54) is 37.0 Å². The van der Waals surface area contributed by atoms with Crippen LogP contribution in [0.3, 0.4) is 0 Å². The van der Waals surface area contributed by atoms with E-state index in [0.717, 1.165) is 22.9 Å². The van der Waals surface area contributed by atoms with Crippen molar-refractivity contribution in [1.29, 1.82) is 0 Å². The third kappa shape index (κ3) is 4.73. The number of hydrogen-bond donors (Lipinski definition) is 2. The summed E-state index contributed by atoms with van der Waals surface area (Å²) in [6, 6.07) is 8.10. The lowest BCUT2D eigenvalue weighted by Gasteiger charge is -2.19. The van der Waals surface area contributed by atoms with E-state index in [-0.39, 0.29) is 24.2 Å². The average Bonchev–Trinajstić information content (AvgIpc) is 3.47. The van der Waals surface area contributed by atoms with Crippen LogP contribution in [0.25, 0.3) is 10.9 Å². The topological polar surface area (TPSA) is 84.1 Å². The summed E-state index contributed by atoms with van der Waals surface area (Å²) in [5.41, 5.74) is 2.70. The summed E-state index contributed by atoms with van der Waals surface area (Å²) in [7, 11) is 0. The fraction of sp³-hybridized carbons (Fsp3) is 0.435. The molecule has 1 saturated carbocycles. The van der Waals surface area contributed by atoms with E-state index >= 15 is 0 Å². The maximum absolute atomic E-state index is 13.3. The molecule has 2 heterocycles. The number of hydrogen-bond acceptors (Lipinski definition) is 5. The van der Waals surface area contributed by atoms with Crippen LogP contribution in [-0.2, 0) is 20.7 Å². The summed E-state index contributed by atoms with van der Waals surface area (Å²) in [6.07, 6.45) is 7.80. The van der Waals surface area contributed by atoms with E-state index in [0.29, 0.717) is 23.4 Å². The number of nitrogens with one attached hydrogen (secondary N) is 2. The monoisotopic (exact) mass is 425 g/mol. The minimum absolute atomic E-state index is 0.0383. The van der Waals surface area contributed by atoms with Crippen LogP contribution in [0, 0.1) is 5.92 Å². The molecule has 2 aromatic heterocycles. The molecule has 158 valence electrons. The summed E-state index contributed by atoms with van der Waals surface area (Å²) in [5.74, 6) is -0.00555.